The second kappa shape index (κ2) is 9.49. The van der Waals surface area contributed by atoms with E-state index < -0.39 is 10.0 Å². The van der Waals surface area contributed by atoms with Gasteiger partial charge in [0.1, 0.15) is 0 Å². The van der Waals surface area contributed by atoms with Crippen LogP contribution in [-0.4, -0.2) is 36.5 Å². The Bertz CT molecular complexity index is 784. The zero-order chi connectivity index (χ0) is 19.0. The molecule has 0 unspecified atom stereocenters. The number of aryl methyl sites for hydroxylation is 2. The Morgan fingerprint density at radius 2 is 1.96 bits per heavy atom. The topological polar surface area (TPSA) is 93.1 Å². The molecule has 0 spiro atoms. The molecule has 2 aromatic rings. The van der Waals surface area contributed by atoms with Crippen molar-refractivity contribution in [1.29, 1.82) is 0 Å². The van der Waals surface area contributed by atoms with Crippen LogP contribution in [0.1, 0.15) is 32.3 Å². The first-order valence-electron chi connectivity index (χ1n) is 8.70. The van der Waals surface area contributed by atoms with Gasteiger partial charge in [0.15, 0.2) is 0 Å². The molecule has 0 bridgehead atoms. The van der Waals surface area contributed by atoms with Gasteiger partial charge in [-0.25, -0.2) is 18.1 Å². The van der Waals surface area contributed by atoms with E-state index >= 15 is 0 Å². The van der Waals surface area contributed by atoms with Gasteiger partial charge in [-0.2, -0.15) is 0 Å². The van der Waals surface area contributed by atoms with Crippen molar-refractivity contribution in [3.63, 3.8) is 0 Å². The smallest absolute Gasteiger partial charge is 0.240 e. The highest BCUT2D eigenvalue weighted by molar-refractivity contribution is 7.89. The minimum absolute atomic E-state index is 0.00574. The summed E-state index contributed by atoms with van der Waals surface area (Å²) in [6.45, 7) is 5.00. The number of amides is 1. The summed E-state index contributed by atoms with van der Waals surface area (Å²) >= 11 is 0. The molecular formula is C18H26N4O3S. The van der Waals surface area contributed by atoms with Crippen molar-refractivity contribution in [2.24, 2.45) is 0 Å². The number of carbonyl (C=O) groups is 1. The zero-order valence-corrected chi connectivity index (χ0v) is 16.0. The van der Waals surface area contributed by atoms with Crippen molar-refractivity contribution >= 4 is 15.9 Å². The lowest BCUT2D eigenvalue weighted by Gasteiger charge is -2.10. The van der Waals surface area contributed by atoms with Gasteiger partial charge in [0.25, 0.3) is 0 Å². The molecule has 142 valence electrons. The monoisotopic (exact) mass is 378 g/mol. The number of benzene rings is 1. The van der Waals surface area contributed by atoms with E-state index in [9.17, 15) is 13.2 Å². The Hall–Kier alpha value is -2.19. The summed E-state index contributed by atoms with van der Waals surface area (Å²) in [5.74, 6) is -0.00574. The van der Waals surface area contributed by atoms with Crippen LogP contribution in [0, 0.1) is 0 Å². The van der Waals surface area contributed by atoms with Crippen LogP contribution in [0.2, 0.25) is 0 Å². The summed E-state index contributed by atoms with van der Waals surface area (Å²) in [4.78, 5) is 16.1. The first kappa shape index (κ1) is 20.1. The second-order valence-electron chi connectivity index (χ2n) is 6.42. The molecule has 1 aromatic carbocycles. The molecule has 0 saturated heterocycles. The van der Waals surface area contributed by atoms with E-state index in [4.69, 9.17) is 0 Å². The fourth-order valence-corrected chi connectivity index (χ4v) is 3.72. The molecular weight excluding hydrogens is 352 g/mol. The number of carbonyl (C=O) groups excluding carboxylic acids is 1. The molecule has 8 heteroatoms. The predicted octanol–water partition coefficient (Wildman–Crippen LogP) is 1.71. The van der Waals surface area contributed by atoms with E-state index in [0.29, 0.717) is 19.4 Å². The van der Waals surface area contributed by atoms with Crippen LogP contribution < -0.4 is 10.0 Å². The Kier molecular flexibility index (Phi) is 7.35. The molecule has 0 aliphatic carbocycles. The normalized spacial score (nSPS) is 11.7. The van der Waals surface area contributed by atoms with E-state index in [-0.39, 0.29) is 16.8 Å². The van der Waals surface area contributed by atoms with E-state index in [1.165, 1.54) is 0 Å². The van der Waals surface area contributed by atoms with Gasteiger partial charge in [0.05, 0.1) is 11.2 Å². The van der Waals surface area contributed by atoms with Gasteiger partial charge < -0.3 is 9.88 Å². The maximum atomic E-state index is 12.1. The molecule has 0 radical (unpaired) electrons. The number of imidazole rings is 1. The van der Waals surface area contributed by atoms with Crippen molar-refractivity contribution in [1.82, 2.24) is 19.6 Å². The van der Waals surface area contributed by atoms with Gasteiger partial charge in [-0.1, -0.05) is 12.1 Å². The van der Waals surface area contributed by atoms with E-state index in [2.05, 4.69) is 15.0 Å². The van der Waals surface area contributed by atoms with E-state index in [0.717, 1.165) is 18.5 Å². The average Bonchev–Trinajstić information content (AvgIpc) is 3.09. The van der Waals surface area contributed by atoms with Crippen LogP contribution in [0.15, 0.2) is 47.9 Å². The highest BCUT2D eigenvalue weighted by Crippen LogP contribution is 2.12. The molecule has 0 atom stereocenters. The molecule has 1 aromatic heterocycles. The summed E-state index contributed by atoms with van der Waals surface area (Å²) in [5, 5.41) is 2.89. The molecule has 2 rings (SSSR count). The lowest BCUT2D eigenvalue weighted by molar-refractivity contribution is -0.121. The van der Waals surface area contributed by atoms with Gasteiger partial charge in [-0.15, -0.1) is 0 Å². The first-order chi connectivity index (χ1) is 12.4. The van der Waals surface area contributed by atoms with Crippen molar-refractivity contribution in [2.45, 2.75) is 50.6 Å². The minimum atomic E-state index is -3.48. The van der Waals surface area contributed by atoms with Crippen molar-refractivity contribution in [3.8, 4) is 0 Å². The lowest BCUT2D eigenvalue weighted by atomic mass is 10.1. The largest absolute Gasteiger partial charge is 0.356 e. The molecule has 7 nitrogen and oxygen atoms in total. The van der Waals surface area contributed by atoms with Gasteiger partial charge in [-0.05, 0) is 44.4 Å². The fraction of sp³-hybridized carbons (Fsp3) is 0.444. The summed E-state index contributed by atoms with van der Waals surface area (Å²) in [7, 11) is -3.48. The highest BCUT2D eigenvalue weighted by Gasteiger charge is 2.14. The minimum Gasteiger partial charge on any atom is -0.356 e. The van der Waals surface area contributed by atoms with Crippen molar-refractivity contribution < 1.29 is 13.2 Å². The number of sulfonamides is 1. The third-order valence-electron chi connectivity index (χ3n) is 3.74. The van der Waals surface area contributed by atoms with Crippen molar-refractivity contribution in [2.75, 3.05) is 6.54 Å². The summed E-state index contributed by atoms with van der Waals surface area (Å²) in [5.41, 5.74) is 0.932. The lowest BCUT2D eigenvalue weighted by Crippen LogP contribution is -2.30. The standard InChI is InChI=1S/C18H26N4O3S/c1-15(2)21-26(24,25)17-7-4-16(5-8-17)6-9-18(23)20-10-3-12-22-13-11-19-14-22/h4-5,7-8,11,13-15,21H,3,6,9-10,12H2,1-2H3,(H,20,23). The fourth-order valence-electron chi connectivity index (χ4n) is 2.47. The van der Waals surface area contributed by atoms with Crippen LogP contribution in [0.4, 0.5) is 0 Å². The molecule has 0 fully saturated rings. The second-order valence-corrected chi connectivity index (χ2v) is 8.14. The van der Waals surface area contributed by atoms with Gasteiger partial charge >= 0.3 is 0 Å². The zero-order valence-electron chi connectivity index (χ0n) is 15.2. The Morgan fingerprint density at radius 1 is 1.23 bits per heavy atom. The maximum Gasteiger partial charge on any atom is 0.240 e. The number of hydrogen-bond acceptors (Lipinski definition) is 4. The van der Waals surface area contributed by atoms with Crippen LogP contribution in [0.25, 0.3) is 0 Å². The molecule has 0 aliphatic heterocycles. The molecule has 2 N–H and O–H groups in total. The number of aromatic nitrogens is 2. The van der Waals surface area contributed by atoms with Gasteiger partial charge in [0.2, 0.25) is 15.9 Å². The Labute approximate surface area is 154 Å². The summed E-state index contributed by atoms with van der Waals surface area (Å²) < 4.78 is 28.7. The Morgan fingerprint density at radius 3 is 2.58 bits per heavy atom. The quantitative estimate of drug-likeness (QED) is 0.616. The summed E-state index contributed by atoms with van der Waals surface area (Å²) in [6, 6.07) is 6.49. The average molecular weight is 378 g/mol. The predicted molar refractivity (Wildman–Crippen MR) is 100 cm³/mol. The van der Waals surface area contributed by atoms with Crippen LogP contribution in [0.3, 0.4) is 0 Å². The van der Waals surface area contributed by atoms with E-state index in [1.54, 1.807) is 50.6 Å². The number of nitrogens with zero attached hydrogens (tertiary/aromatic N) is 2. The molecule has 26 heavy (non-hydrogen) atoms. The number of rotatable bonds is 10. The first-order valence-corrected chi connectivity index (χ1v) is 10.2. The third kappa shape index (κ3) is 6.61. The van der Waals surface area contributed by atoms with E-state index in [1.807, 2.05) is 10.8 Å². The summed E-state index contributed by atoms with van der Waals surface area (Å²) in [6.07, 6.45) is 7.17. The highest BCUT2D eigenvalue weighted by atomic mass is 32.2. The van der Waals surface area contributed by atoms with Crippen LogP contribution in [0.5, 0.6) is 0 Å². The number of nitrogens with one attached hydrogen (secondary N) is 2. The van der Waals surface area contributed by atoms with Crippen LogP contribution >= 0.6 is 0 Å². The molecule has 1 heterocycles. The molecule has 0 saturated carbocycles. The molecule has 0 aliphatic rings. The number of hydrogen-bond donors (Lipinski definition) is 2. The SMILES string of the molecule is CC(C)NS(=O)(=O)c1ccc(CCC(=O)NCCCn2ccnc2)cc1. The van der Waals surface area contributed by atoms with Crippen molar-refractivity contribution in [3.05, 3.63) is 48.5 Å². The van der Waals surface area contributed by atoms with Crippen LogP contribution in [-0.2, 0) is 27.8 Å². The third-order valence-corrected chi connectivity index (χ3v) is 5.41. The van der Waals surface area contributed by atoms with Gasteiger partial charge in [0, 0.05) is 37.9 Å². The Balaban J connectivity index is 1.72. The molecule has 1 amide bonds. The van der Waals surface area contributed by atoms with Gasteiger partial charge in [-0.3, -0.25) is 4.79 Å². The maximum absolute atomic E-state index is 12.1.